The highest BCUT2D eigenvalue weighted by Crippen LogP contribution is 2.39. The van der Waals surface area contributed by atoms with Crippen molar-refractivity contribution in [3.8, 4) is 33.5 Å². The third kappa shape index (κ3) is 21.4. The van der Waals surface area contributed by atoms with E-state index < -0.39 is 188 Å². The molecule has 6 N–H and O–H groups in total. The molecule has 13 rings (SSSR count). The van der Waals surface area contributed by atoms with Gasteiger partial charge in [0, 0.05) is 141 Å². The number of alkyl halides is 12. The van der Waals surface area contributed by atoms with E-state index >= 15 is 0 Å². The maximum Gasteiger partial charge on any atom is 0.418 e. The van der Waals surface area contributed by atoms with Gasteiger partial charge in [-0.2, -0.15) is 52.7 Å². The number of pyridine rings is 5. The van der Waals surface area contributed by atoms with Crippen molar-refractivity contribution in [2.24, 2.45) is 21.1 Å². The van der Waals surface area contributed by atoms with Crippen molar-refractivity contribution in [2.45, 2.75) is 101 Å². The first kappa shape index (κ1) is 96.6. The van der Waals surface area contributed by atoms with Gasteiger partial charge < -0.3 is 68.4 Å². The van der Waals surface area contributed by atoms with Gasteiger partial charge in [0.15, 0.2) is 0 Å². The van der Waals surface area contributed by atoms with Crippen LogP contribution in [0.25, 0.3) is 61.4 Å². The lowest BCUT2D eigenvalue weighted by Crippen LogP contribution is -2.44. The van der Waals surface area contributed by atoms with Crippen LogP contribution in [0, 0.1) is 34.9 Å². The highest BCUT2D eigenvalue weighted by atomic mass is 19.4. The Balaban J connectivity index is 0.000000190. The molecule has 690 valence electrons. The number of imidazole rings is 3. The second-order valence-electron chi connectivity index (χ2n) is 29.2. The fourth-order valence-corrected chi connectivity index (χ4v) is 13.7. The summed E-state index contributed by atoms with van der Waals surface area (Å²) in [4.78, 5) is 131. The van der Waals surface area contributed by atoms with Crippen LogP contribution in [0.15, 0.2) is 179 Å². The lowest BCUT2D eigenvalue weighted by molar-refractivity contribution is -0.143. The fraction of sp³-hybridized carbons (Fsp3) is 0.259. The Morgan fingerprint density at radius 2 is 0.733 bits per heavy atom. The molecule has 28 nitrogen and oxygen atoms in total. The zero-order valence-electron chi connectivity index (χ0n) is 69.3. The van der Waals surface area contributed by atoms with E-state index in [-0.39, 0.29) is 52.9 Å². The number of halogens is 18. The standard InChI is InChI=1S/C31H26F5N5O4.C27H21F8N5O3.C27H25F5N6O5/c1-16(31(34,35)36)38-18-13-22(32)26(23(33)14-18)28(42)39-24(30(44)45-3)15-19-8-9-20(27-37-10-11-41(19)27)21-12-17-6-4-5-7-25(17)40(2)29(21)43;1-13(26(30,31)32)38-14-10-18(28)21(19(29)11-14)24(41)39-20(25(42)43-2)12-15-5-6-16(23-37-8-9-40(15)23)22-17(27(33,34)35)4-3-7-36-22;1-13(27(30,31)32)34-14-9-18(28)21(19(29)10-14)23(39)35-20(25(41)43-4)11-15-5-6-16(22-33-7-8-38(15)22)17-12-36(2)26(42)37(3)24(17)40/h4-14,16,24,38H,15H2,1-3H3,(H,39,42);3-11,13,20,38H,12H2,1-2H3,(H,39,41);5-10,12-13,20,34H,11H2,1-4H3,(H,35,39)/t16-,24+;2*13-,20+/m111/s1. The van der Waals surface area contributed by atoms with E-state index in [0.29, 0.717) is 70.1 Å². The predicted molar refractivity (Wildman–Crippen MR) is 435 cm³/mol. The van der Waals surface area contributed by atoms with Gasteiger partial charge >= 0.3 is 48.3 Å². The van der Waals surface area contributed by atoms with Gasteiger partial charge in [-0.3, -0.25) is 33.5 Å². The number of fused-ring (bicyclic) bond motifs is 4. The van der Waals surface area contributed by atoms with E-state index in [0.717, 1.165) is 69.7 Å². The maximum absolute atomic E-state index is 14.8. The summed E-state index contributed by atoms with van der Waals surface area (Å²) < 4.78 is 267. The molecule has 0 aliphatic carbocycles. The Bertz CT molecular complexity index is 6710. The average molecular weight is 1850 g/mol. The number of carbonyl (C=O) groups is 6. The van der Waals surface area contributed by atoms with Crippen molar-refractivity contribution < 1.29 is 122 Å². The number of rotatable bonds is 24. The van der Waals surface area contributed by atoms with Crippen LogP contribution in [-0.4, -0.2) is 159 Å². The van der Waals surface area contributed by atoms with Crippen molar-refractivity contribution in [1.82, 2.24) is 62.8 Å². The first-order chi connectivity index (χ1) is 61.5. The van der Waals surface area contributed by atoms with Crippen LogP contribution in [0.5, 0.6) is 0 Å². The summed E-state index contributed by atoms with van der Waals surface area (Å²) in [5.41, 5.74) is -3.91. The number of hydrogen-bond acceptors (Lipinski definition) is 19. The maximum atomic E-state index is 14.8. The summed E-state index contributed by atoms with van der Waals surface area (Å²) in [5.74, 6) is -15.8. The number of methoxy groups -OCH3 is 3. The number of benzene rings is 4. The van der Waals surface area contributed by atoms with Crippen molar-refractivity contribution in [3.05, 3.63) is 270 Å². The Hall–Kier alpha value is -15.1. The van der Waals surface area contributed by atoms with Crippen LogP contribution in [0.4, 0.5) is 96.1 Å². The molecule has 9 aromatic heterocycles. The highest BCUT2D eigenvalue weighted by Gasteiger charge is 2.41. The number of hydrogen-bond donors (Lipinski definition) is 6. The van der Waals surface area contributed by atoms with Crippen molar-refractivity contribution in [2.75, 3.05) is 37.3 Å². The van der Waals surface area contributed by atoms with Gasteiger partial charge in [-0.15, -0.1) is 0 Å². The molecule has 4 aromatic carbocycles. The summed E-state index contributed by atoms with van der Waals surface area (Å²) >= 11 is 0. The molecule has 3 amide bonds. The highest BCUT2D eigenvalue weighted by molar-refractivity contribution is 6.00. The molecule has 0 aliphatic heterocycles. The number of carbonyl (C=O) groups excluding carboxylic acids is 6. The number of nitrogens with one attached hydrogen (secondary N) is 6. The zero-order valence-corrected chi connectivity index (χ0v) is 69.3. The molecule has 0 spiro atoms. The van der Waals surface area contributed by atoms with E-state index in [1.54, 1.807) is 35.8 Å². The lowest BCUT2D eigenvalue weighted by atomic mass is 10.0. The quantitative estimate of drug-likeness (QED) is 0.0186. The first-order valence-corrected chi connectivity index (χ1v) is 38.4. The molecule has 9 heterocycles. The van der Waals surface area contributed by atoms with Crippen LogP contribution >= 0.6 is 0 Å². The minimum absolute atomic E-state index is 0.0120. The summed E-state index contributed by atoms with van der Waals surface area (Å²) in [6, 6.07) is 12.4. The predicted octanol–water partition coefficient (Wildman–Crippen LogP) is 13.1. The number of nitrogens with zero attached hydrogens (tertiary/aromatic N) is 10. The summed E-state index contributed by atoms with van der Waals surface area (Å²) in [5, 5.41) is 13.2. The molecule has 0 aliphatic rings. The van der Waals surface area contributed by atoms with E-state index in [1.807, 2.05) is 40.2 Å². The third-order valence-electron chi connectivity index (χ3n) is 20.5. The number of anilines is 3. The molecule has 0 saturated carbocycles. The minimum atomic E-state index is -4.72. The molecule has 0 bridgehead atoms. The molecule has 0 fully saturated rings. The molecule has 0 saturated heterocycles. The Labute approximate surface area is 725 Å². The minimum Gasteiger partial charge on any atom is -0.467 e. The number of amides is 3. The van der Waals surface area contributed by atoms with Crippen molar-refractivity contribution in [3.63, 3.8) is 0 Å². The number of aromatic nitrogens is 10. The van der Waals surface area contributed by atoms with Gasteiger partial charge in [-0.05, 0) is 123 Å². The van der Waals surface area contributed by atoms with Crippen LogP contribution in [0.3, 0.4) is 0 Å². The molecule has 131 heavy (non-hydrogen) atoms. The second-order valence-corrected chi connectivity index (χ2v) is 29.2. The van der Waals surface area contributed by atoms with Crippen LogP contribution in [0.1, 0.15) is 74.5 Å². The normalized spacial score (nSPS) is 13.2. The zero-order chi connectivity index (χ0) is 96.1. The van der Waals surface area contributed by atoms with E-state index in [2.05, 4.69) is 35.9 Å². The summed E-state index contributed by atoms with van der Waals surface area (Å²) in [6.07, 6.45) is -8.44. The van der Waals surface area contributed by atoms with Gasteiger partial charge in [-0.25, -0.2) is 60.5 Å². The summed E-state index contributed by atoms with van der Waals surface area (Å²) in [7, 11) is 7.56. The van der Waals surface area contributed by atoms with E-state index in [1.165, 1.54) is 99.7 Å². The van der Waals surface area contributed by atoms with Gasteiger partial charge in [0.05, 0.1) is 49.2 Å². The van der Waals surface area contributed by atoms with E-state index in [9.17, 15) is 122 Å². The van der Waals surface area contributed by atoms with Gasteiger partial charge in [0.1, 0.15) is 105 Å². The molecule has 0 radical (unpaired) electrons. The Morgan fingerprint density at radius 3 is 1.08 bits per heavy atom. The number of esters is 3. The first-order valence-electron chi connectivity index (χ1n) is 38.4. The largest absolute Gasteiger partial charge is 0.467 e. The molecule has 46 heteroatoms. The van der Waals surface area contributed by atoms with Gasteiger partial charge in [-0.1, -0.05) is 18.2 Å². The average Bonchev–Trinajstić information content (AvgIpc) is 1.75. The van der Waals surface area contributed by atoms with Crippen LogP contribution < -0.4 is 48.7 Å². The van der Waals surface area contributed by atoms with Crippen molar-refractivity contribution >= 4 is 80.5 Å². The third-order valence-corrected chi connectivity index (χ3v) is 20.5. The Kier molecular flexibility index (Phi) is 28.7. The van der Waals surface area contributed by atoms with E-state index in [4.69, 9.17) is 14.2 Å². The SMILES string of the molecule is COC(=O)[C@H](Cc1ccc(-c2cc3ccccc3n(C)c2=O)c2nccn12)NC(=O)c1c(F)cc(N[C@H](C)C(F)(F)F)cc1F.COC(=O)[C@H](Cc1ccc(-c2cn(C)c(=O)n(C)c2=O)c2nccn12)NC(=O)c1c(F)cc(N[C@H](C)C(F)(F)F)cc1F.COC(=O)[C@H](Cc1ccc(-c2ncccc2C(F)(F)F)c2nccn12)NC(=O)c1c(F)cc(N[C@H](C)C(F)(F)F)cc1F. The topological polar surface area (TPSA) is 333 Å². The smallest absolute Gasteiger partial charge is 0.418 e. The molecular formula is C85H72F18N16O12. The molecule has 13 aromatic rings. The fourth-order valence-electron chi connectivity index (χ4n) is 13.7. The van der Waals surface area contributed by atoms with Gasteiger partial charge in [0.2, 0.25) is 0 Å². The second kappa shape index (κ2) is 38.9. The van der Waals surface area contributed by atoms with Crippen LogP contribution in [0.2, 0.25) is 0 Å². The monoisotopic (exact) mass is 1850 g/mol. The summed E-state index contributed by atoms with van der Waals surface area (Å²) in [6.45, 7) is 2.25. The number of ether oxygens (including phenoxy) is 3. The molecular weight excluding hydrogens is 1780 g/mol. The Morgan fingerprint density at radius 1 is 0.397 bits per heavy atom. The lowest BCUT2D eigenvalue weighted by Gasteiger charge is -2.20. The number of aryl methyl sites for hydroxylation is 2. The van der Waals surface area contributed by atoms with Gasteiger partial charge in [0.25, 0.3) is 28.8 Å². The molecule has 0 unspecified atom stereocenters. The van der Waals surface area contributed by atoms with Crippen molar-refractivity contribution in [1.29, 1.82) is 0 Å². The number of para-hydroxylation sites is 1. The molecule has 6 atom stereocenters. The van der Waals surface area contributed by atoms with Crippen LogP contribution in [-0.2, 0) is 75.2 Å².